The van der Waals surface area contributed by atoms with Crippen LogP contribution in [0.5, 0.6) is 5.75 Å². The molecule has 0 radical (unpaired) electrons. The number of benzene rings is 2. The second kappa shape index (κ2) is 6.05. The molecule has 0 bridgehead atoms. The molecule has 0 atom stereocenters. The SMILES string of the molecule is NC(=O)Cc1ccccc1-c1ccc(OC(F)(F)F)c(F)c1. The molecule has 1 amide bonds. The first kappa shape index (κ1) is 15.8. The smallest absolute Gasteiger partial charge is 0.403 e. The maximum Gasteiger partial charge on any atom is 0.573 e. The van der Waals surface area contributed by atoms with E-state index in [1.165, 1.54) is 6.07 Å². The van der Waals surface area contributed by atoms with E-state index in [4.69, 9.17) is 5.73 Å². The average molecular weight is 313 g/mol. The van der Waals surface area contributed by atoms with Crippen molar-refractivity contribution in [2.45, 2.75) is 12.8 Å². The number of nitrogens with two attached hydrogens (primary N) is 1. The van der Waals surface area contributed by atoms with Crippen molar-refractivity contribution in [3.05, 3.63) is 53.8 Å². The van der Waals surface area contributed by atoms with Crippen LogP contribution in [-0.4, -0.2) is 12.3 Å². The minimum atomic E-state index is -4.97. The van der Waals surface area contributed by atoms with Crippen molar-refractivity contribution < 1.29 is 27.1 Å². The Balaban J connectivity index is 2.39. The van der Waals surface area contributed by atoms with Crippen LogP contribution in [-0.2, 0) is 11.2 Å². The number of hydrogen-bond acceptors (Lipinski definition) is 2. The molecule has 0 spiro atoms. The number of primary amides is 1. The van der Waals surface area contributed by atoms with Gasteiger partial charge in [-0.2, -0.15) is 0 Å². The number of ether oxygens (including phenoxy) is 1. The topological polar surface area (TPSA) is 52.3 Å². The number of carbonyl (C=O) groups excluding carboxylic acids is 1. The van der Waals surface area contributed by atoms with Crippen LogP contribution < -0.4 is 10.5 Å². The molecule has 3 nitrogen and oxygen atoms in total. The van der Waals surface area contributed by atoms with E-state index in [9.17, 15) is 22.4 Å². The van der Waals surface area contributed by atoms with E-state index < -0.39 is 23.8 Å². The Morgan fingerprint density at radius 3 is 2.41 bits per heavy atom. The van der Waals surface area contributed by atoms with E-state index in [1.807, 2.05) is 0 Å². The number of rotatable bonds is 4. The van der Waals surface area contributed by atoms with Crippen LogP contribution in [0.2, 0.25) is 0 Å². The molecular weight excluding hydrogens is 302 g/mol. The molecule has 2 aromatic carbocycles. The maximum absolute atomic E-state index is 13.7. The Morgan fingerprint density at radius 1 is 1.14 bits per heavy atom. The van der Waals surface area contributed by atoms with E-state index in [2.05, 4.69) is 4.74 Å². The minimum absolute atomic E-state index is 0.0569. The third-order valence-corrected chi connectivity index (χ3v) is 2.85. The predicted molar refractivity (Wildman–Crippen MR) is 71.4 cm³/mol. The number of halogens is 4. The lowest BCUT2D eigenvalue weighted by Gasteiger charge is -2.12. The highest BCUT2D eigenvalue weighted by atomic mass is 19.4. The summed E-state index contributed by atoms with van der Waals surface area (Å²) >= 11 is 0. The van der Waals surface area contributed by atoms with Gasteiger partial charge in [0, 0.05) is 0 Å². The molecule has 7 heteroatoms. The molecular formula is C15H11F4NO2. The van der Waals surface area contributed by atoms with Crippen molar-refractivity contribution >= 4 is 5.91 Å². The molecule has 0 saturated carbocycles. The number of carbonyl (C=O) groups is 1. The van der Waals surface area contributed by atoms with E-state index in [0.717, 1.165) is 12.1 Å². The maximum atomic E-state index is 13.7. The summed E-state index contributed by atoms with van der Waals surface area (Å²) in [4.78, 5) is 11.0. The van der Waals surface area contributed by atoms with Gasteiger partial charge >= 0.3 is 6.36 Å². The second-order valence-corrected chi connectivity index (χ2v) is 4.49. The summed E-state index contributed by atoms with van der Waals surface area (Å²) in [7, 11) is 0. The molecule has 0 aliphatic rings. The number of alkyl halides is 3. The van der Waals surface area contributed by atoms with Gasteiger partial charge in [0.1, 0.15) is 0 Å². The van der Waals surface area contributed by atoms with Crippen molar-refractivity contribution in [1.29, 1.82) is 0 Å². The molecule has 0 heterocycles. The zero-order valence-electron chi connectivity index (χ0n) is 11.2. The van der Waals surface area contributed by atoms with Crippen LogP contribution in [0, 0.1) is 5.82 Å². The Labute approximate surface area is 123 Å². The highest BCUT2D eigenvalue weighted by molar-refractivity contribution is 5.80. The molecule has 2 aromatic rings. The van der Waals surface area contributed by atoms with E-state index >= 15 is 0 Å². The summed E-state index contributed by atoms with van der Waals surface area (Å²) in [5.74, 6) is -2.63. The highest BCUT2D eigenvalue weighted by Crippen LogP contribution is 2.31. The lowest BCUT2D eigenvalue weighted by atomic mass is 9.97. The fourth-order valence-electron chi connectivity index (χ4n) is 2.02. The Kier molecular flexibility index (Phi) is 4.35. The molecule has 22 heavy (non-hydrogen) atoms. The van der Waals surface area contributed by atoms with Crippen LogP contribution in [0.1, 0.15) is 5.56 Å². The summed E-state index contributed by atoms with van der Waals surface area (Å²) in [6.45, 7) is 0. The van der Waals surface area contributed by atoms with Gasteiger partial charge in [0.2, 0.25) is 5.91 Å². The van der Waals surface area contributed by atoms with Gasteiger partial charge in [-0.3, -0.25) is 4.79 Å². The third kappa shape index (κ3) is 3.97. The summed E-state index contributed by atoms with van der Waals surface area (Å²) < 4.78 is 53.6. The summed E-state index contributed by atoms with van der Waals surface area (Å²) in [6.07, 6.45) is -5.02. The third-order valence-electron chi connectivity index (χ3n) is 2.85. The van der Waals surface area contributed by atoms with Crippen molar-refractivity contribution in [1.82, 2.24) is 0 Å². The molecule has 2 N–H and O–H groups in total. The molecule has 0 aliphatic heterocycles. The van der Waals surface area contributed by atoms with Gasteiger partial charge in [-0.1, -0.05) is 30.3 Å². The summed E-state index contributed by atoms with van der Waals surface area (Å²) in [6, 6.07) is 9.69. The quantitative estimate of drug-likeness (QED) is 0.879. The van der Waals surface area contributed by atoms with Gasteiger partial charge in [-0.25, -0.2) is 4.39 Å². The van der Waals surface area contributed by atoms with Crippen LogP contribution in [0.15, 0.2) is 42.5 Å². The van der Waals surface area contributed by atoms with Crippen molar-refractivity contribution in [2.75, 3.05) is 0 Å². The average Bonchev–Trinajstić information content (AvgIpc) is 2.40. The minimum Gasteiger partial charge on any atom is -0.403 e. The molecule has 2 rings (SSSR count). The lowest BCUT2D eigenvalue weighted by Crippen LogP contribution is -2.18. The predicted octanol–water partition coefficient (Wildman–Crippen LogP) is 3.42. The Morgan fingerprint density at radius 2 is 1.82 bits per heavy atom. The standard InChI is InChI=1S/C15H11F4NO2/c16-12-7-10(5-6-13(12)22-15(17,18)19)11-4-2-1-3-9(11)8-14(20)21/h1-7H,8H2,(H2,20,21). The Hall–Kier alpha value is -2.57. The monoisotopic (exact) mass is 313 g/mol. The highest BCUT2D eigenvalue weighted by Gasteiger charge is 2.32. The first-order chi connectivity index (χ1) is 10.3. The van der Waals surface area contributed by atoms with Gasteiger partial charge in [0.15, 0.2) is 11.6 Å². The van der Waals surface area contributed by atoms with Crippen molar-refractivity contribution in [3.63, 3.8) is 0 Å². The van der Waals surface area contributed by atoms with Gasteiger partial charge < -0.3 is 10.5 Å². The molecule has 0 unspecified atom stereocenters. The van der Waals surface area contributed by atoms with E-state index in [-0.39, 0.29) is 6.42 Å². The second-order valence-electron chi connectivity index (χ2n) is 4.49. The number of amides is 1. The first-order valence-corrected chi connectivity index (χ1v) is 6.18. The summed E-state index contributed by atoms with van der Waals surface area (Å²) in [5, 5.41) is 0. The molecule has 0 aliphatic carbocycles. The molecule has 0 aromatic heterocycles. The Bertz CT molecular complexity index is 698. The van der Waals surface area contributed by atoms with Crippen molar-refractivity contribution in [2.24, 2.45) is 5.73 Å². The fraction of sp³-hybridized carbons (Fsp3) is 0.133. The van der Waals surface area contributed by atoms with E-state index in [0.29, 0.717) is 16.7 Å². The number of hydrogen-bond donors (Lipinski definition) is 1. The lowest BCUT2D eigenvalue weighted by molar-refractivity contribution is -0.275. The zero-order chi connectivity index (χ0) is 16.3. The first-order valence-electron chi connectivity index (χ1n) is 6.18. The van der Waals surface area contributed by atoms with Crippen LogP contribution in [0.25, 0.3) is 11.1 Å². The van der Waals surface area contributed by atoms with Crippen LogP contribution in [0.3, 0.4) is 0 Å². The zero-order valence-corrected chi connectivity index (χ0v) is 11.2. The van der Waals surface area contributed by atoms with Gasteiger partial charge in [0.25, 0.3) is 0 Å². The summed E-state index contributed by atoms with van der Waals surface area (Å²) in [5.41, 5.74) is 6.53. The normalized spacial score (nSPS) is 11.3. The van der Waals surface area contributed by atoms with E-state index in [1.54, 1.807) is 24.3 Å². The van der Waals surface area contributed by atoms with Crippen LogP contribution >= 0.6 is 0 Å². The van der Waals surface area contributed by atoms with Gasteiger partial charge in [0.05, 0.1) is 6.42 Å². The molecule has 0 saturated heterocycles. The van der Waals surface area contributed by atoms with Crippen LogP contribution in [0.4, 0.5) is 17.6 Å². The largest absolute Gasteiger partial charge is 0.573 e. The molecule has 0 fully saturated rings. The molecule has 116 valence electrons. The van der Waals surface area contributed by atoms with Gasteiger partial charge in [-0.05, 0) is 28.8 Å². The fourth-order valence-corrected chi connectivity index (χ4v) is 2.02. The van der Waals surface area contributed by atoms with Gasteiger partial charge in [-0.15, -0.1) is 13.2 Å². The van der Waals surface area contributed by atoms with Crippen molar-refractivity contribution in [3.8, 4) is 16.9 Å².